The second-order valence-corrected chi connectivity index (χ2v) is 9.93. The molecule has 5 heteroatoms. The van der Waals surface area contributed by atoms with Gasteiger partial charge in [-0.2, -0.15) is 16.8 Å². The van der Waals surface area contributed by atoms with E-state index in [0.717, 1.165) is 0 Å². The SMILES string of the molecule is CCCCc1ccc[c-]1[Si](C)(C)c1ccccc1.[Cl-].[Cl-].[Cl-].[Ti+4]. The minimum Gasteiger partial charge on any atom is -1.00 e. The van der Waals surface area contributed by atoms with Crippen molar-refractivity contribution in [3.63, 3.8) is 0 Å². The molecule has 0 aliphatic carbocycles. The summed E-state index contributed by atoms with van der Waals surface area (Å²) in [7, 11) is -1.50. The zero-order valence-electron chi connectivity index (χ0n) is 13.4. The number of hydrogen-bond donors (Lipinski definition) is 0. The fourth-order valence-electron chi connectivity index (χ4n) is 2.66. The minimum absolute atomic E-state index is 0. The van der Waals surface area contributed by atoms with Crippen molar-refractivity contribution in [2.45, 2.75) is 39.3 Å². The maximum absolute atomic E-state index is 2.47. The molecule has 2 aromatic carbocycles. The Balaban J connectivity index is -0.000000902. The molecule has 0 spiro atoms. The van der Waals surface area contributed by atoms with Gasteiger partial charge in [-0.05, 0) is 0 Å². The van der Waals surface area contributed by atoms with Crippen LogP contribution in [0.15, 0.2) is 48.5 Å². The third-order valence-electron chi connectivity index (χ3n) is 3.87. The van der Waals surface area contributed by atoms with E-state index in [2.05, 4.69) is 68.5 Å². The van der Waals surface area contributed by atoms with Crippen LogP contribution in [0, 0.1) is 0 Å². The summed E-state index contributed by atoms with van der Waals surface area (Å²) in [6, 6.07) is 17.9. The average molecular weight is 410 g/mol. The molecule has 22 heavy (non-hydrogen) atoms. The van der Waals surface area contributed by atoms with Gasteiger partial charge in [0.1, 0.15) is 0 Å². The van der Waals surface area contributed by atoms with Crippen LogP contribution in [0.25, 0.3) is 0 Å². The van der Waals surface area contributed by atoms with Crippen LogP contribution in [0.5, 0.6) is 0 Å². The summed E-state index contributed by atoms with van der Waals surface area (Å²) in [4.78, 5) is 0. The molecule has 0 fully saturated rings. The van der Waals surface area contributed by atoms with E-state index in [1.807, 2.05) is 0 Å². The molecule has 0 bridgehead atoms. The number of halogens is 3. The topological polar surface area (TPSA) is 0 Å². The normalized spacial score (nSPS) is 9.59. The molecule has 0 atom stereocenters. The van der Waals surface area contributed by atoms with Crippen molar-refractivity contribution in [2.75, 3.05) is 0 Å². The van der Waals surface area contributed by atoms with Crippen LogP contribution in [0.2, 0.25) is 13.1 Å². The number of hydrogen-bond acceptors (Lipinski definition) is 0. The largest absolute Gasteiger partial charge is 4.00 e. The monoisotopic (exact) mass is 408 g/mol. The summed E-state index contributed by atoms with van der Waals surface area (Å²) in [5, 5.41) is 3.16. The van der Waals surface area contributed by atoms with E-state index in [4.69, 9.17) is 0 Å². The molecule has 0 aliphatic rings. The second-order valence-electron chi connectivity index (χ2n) is 5.56. The van der Waals surface area contributed by atoms with E-state index in [9.17, 15) is 0 Å². The quantitative estimate of drug-likeness (QED) is 0.342. The molecule has 0 nitrogen and oxygen atoms in total. The average Bonchev–Trinajstić information content (AvgIpc) is 2.86. The zero-order valence-corrected chi connectivity index (χ0v) is 18.2. The predicted octanol–water partition coefficient (Wildman–Crippen LogP) is -5.42. The molecular weight excluding hydrogens is 386 g/mol. The fourth-order valence-corrected chi connectivity index (χ4v) is 5.52. The Morgan fingerprint density at radius 1 is 0.909 bits per heavy atom. The van der Waals surface area contributed by atoms with Crippen molar-refractivity contribution in [1.82, 2.24) is 0 Å². The first-order chi connectivity index (χ1) is 8.66. The number of unbranched alkanes of at least 4 members (excludes halogenated alkanes) is 1. The summed E-state index contributed by atoms with van der Waals surface area (Å²) in [6.07, 6.45) is 3.82. The third kappa shape index (κ3) is 6.47. The van der Waals surface area contributed by atoms with Gasteiger partial charge in [0.15, 0.2) is 0 Å². The third-order valence-corrected chi connectivity index (χ3v) is 7.49. The van der Waals surface area contributed by atoms with Gasteiger partial charge in [0.25, 0.3) is 0 Å². The van der Waals surface area contributed by atoms with Crippen molar-refractivity contribution in [1.29, 1.82) is 0 Å². The Kier molecular flexibility index (Phi) is 15.8. The maximum atomic E-state index is 2.47. The van der Waals surface area contributed by atoms with E-state index in [0.29, 0.717) is 0 Å². The van der Waals surface area contributed by atoms with Gasteiger partial charge in [-0.1, -0.05) is 74.8 Å². The van der Waals surface area contributed by atoms with Gasteiger partial charge in [-0.25, -0.2) is 12.1 Å². The summed E-state index contributed by atoms with van der Waals surface area (Å²) < 4.78 is 0. The molecule has 0 unspecified atom stereocenters. The number of benzene rings is 1. The van der Waals surface area contributed by atoms with E-state index in [-0.39, 0.29) is 58.9 Å². The first-order valence-corrected chi connectivity index (χ1v) is 9.97. The summed E-state index contributed by atoms with van der Waals surface area (Å²) >= 11 is 0. The summed E-state index contributed by atoms with van der Waals surface area (Å²) in [6.45, 7) is 7.20. The van der Waals surface area contributed by atoms with Gasteiger partial charge in [-0.3, -0.25) is 0 Å². The van der Waals surface area contributed by atoms with Crippen molar-refractivity contribution in [3.05, 3.63) is 54.1 Å². The first kappa shape index (κ1) is 27.2. The Morgan fingerprint density at radius 3 is 2.05 bits per heavy atom. The zero-order chi connectivity index (χ0) is 13.0. The van der Waals surface area contributed by atoms with Crippen LogP contribution in [-0.4, -0.2) is 8.07 Å². The number of rotatable bonds is 5. The molecule has 0 saturated carbocycles. The van der Waals surface area contributed by atoms with Crippen LogP contribution in [0.3, 0.4) is 0 Å². The molecule has 2 rings (SSSR count). The van der Waals surface area contributed by atoms with E-state index >= 15 is 0 Å². The fraction of sp³-hybridized carbons (Fsp3) is 0.353. The van der Waals surface area contributed by atoms with Crippen molar-refractivity contribution in [3.8, 4) is 0 Å². The van der Waals surface area contributed by atoms with Gasteiger partial charge >= 0.3 is 21.7 Å². The Morgan fingerprint density at radius 2 is 1.50 bits per heavy atom. The maximum Gasteiger partial charge on any atom is 4.00 e. The first-order valence-electron chi connectivity index (χ1n) is 6.97. The minimum atomic E-state index is -1.50. The Hall–Kier alpha value is 0.371. The van der Waals surface area contributed by atoms with E-state index in [1.165, 1.54) is 24.4 Å². The van der Waals surface area contributed by atoms with Crippen molar-refractivity contribution in [2.24, 2.45) is 0 Å². The van der Waals surface area contributed by atoms with Crippen molar-refractivity contribution < 1.29 is 58.9 Å². The second kappa shape index (κ2) is 12.8. The molecule has 2 aromatic rings. The van der Waals surface area contributed by atoms with Gasteiger partial charge in [0.05, 0.1) is 8.07 Å². The molecule has 0 N–H and O–H groups in total. The van der Waals surface area contributed by atoms with Crippen molar-refractivity contribution >= 4 is 18.4 Å². The molecule has 0 heterocycles. The van der Waals surface area contributed by atoms with Gasteiger partial charge < -0.3 is 37.2 Å². The van der Waals surface area contributed by atoms with Gasteiger partial charge in [0, 0.05) is 0 Å². The van der Waals surface area contributed by atoms with Crippen LogP contribution < -0.4 is 47.6 Å². The summed E-state index contributed by atoms with van der Waals surface area (Å²) in [5.74, 6) is 0. The molecule has 0 saturated heterocycles. The smallest absolute Gasteiger partial charge is 1.00 e. The predicted molar refractivity (Wildman–Crippen MR) is 83.8 cm³/mol. The van der Waals surface area contributed by atoms with Crippen LogP contribution in [-0.2, 0) is 28.1 Å². The van der Waals surface area contributed by atoms with E-state index in [1.54, 1.807) is 10.8 Å². The van der Waals surface area contributed by atoms with E-state index < -0.39 is 8.07 Å². The Bertz CT molecular complexity index is 498. The molecular formula is C17H23Cl3SiTi. The molecule has 0 aromatic heterocycles. The van der Waals surface area contributed by atoms with Crippen LogP contribution in [0.4, 0.5) is 0 Å². The summed E-state index contributed by atoms with van der Waals surface area (Å²) in [5.41, 5.74) is 1.58. The number of aryl methyl sites for hydroxylation is 1. The molecule has 0 amide bonds. The standard InChI is InChI=1S/C17H23Si.3ClH.Ti/c1-4-5-10-15-11-9-14-17(15)18(2,3)16-12-7-6-8-13-16;;;;/h6-9,11-14H,4-5,10H2,1-3H3;3*1H;/q-1;;;;+4/p-3. The molecule has 0 radical (unpaired) electrons. The molecule has 0 aliphatic heterocycles. The van der Waals surface area contributed by atoms with Gasteiger partial charge in [0.2, 0.25) is 0 Å². The molecule has 120 valence electrons. The Labute approximate surface area is 170 Å². The van der Waals surface area contributed by atoms with Gasteiger partial charge in [-0.15, -0.1) is 0 Å². The van der Waals surface area contributed by atoms with Crippen LogP contribution >= 0.6 is 0 Å². The van der Waals surface area contributed by atoms with Crippen LogP contribution in [0.1, 0.15) is 25.3 Å².